The first-order valence-corrected chi connectivity index (χ1v) is 9.72. The topological polar surface area (TPSA) is 46.5 Å². The minimum Gasteiger partial charge on any atom is -0.464 e. The van der Waals surface area contributed by atoms with Crippen molar-refractivity contribution < 1.29 is 14.6 Å². The van der Waals surface area contributed by atoms with Crippen molar-refractivity contribution in [2.75, 3.05) is 13.2 Å². The van der Waals surface area contributed by atoms with E-state index < -0.39 is 12.6 Å². The Bertz CT molecular complexity index is 274. The summed E-state index contributed by atoms with van der Waals surface area (Å²) < 4.78 is 4.82. The van der Waals surface area contributed by atoms with Crippen LogP contribution in [0.25, 0.3) is 0 Å². The lowest BCUT2D eigenvalue weighted by atomic mass is 10.1. The molecule has 0 heterocycles. The molecule has 0 aromatic rings. The van der Waals surface area contributed by atoms with Crippen LogP contribution in [0, 0.1) is 0 Å². The van der Waals surface area contributed by atoms with Crippen molar-refractivity contribution in [3.05, 3.63) is 12.2 Å². The lowest BCUT2D eigenvalue weighted by Gasteiger charge is -2.03. The first-order valence-electron chi connectivity index (χ1n) is 9.72. The van der Waals surface area contributed by atoms with Gasteiger partial charge in [0, 0.05) is 0 Å². The molecule has 0 spiro atoms. The molecule has 0 aliphatic rings. The summed E-state index contributed by atoms with van der Waals surface area (Å²) in [5.41, 5.74) is 0. The zero-order valence-electron chi connectivity index (χ0n) is 15.2. The Morgan fingerprint density at radius 3 is 1.78 bits per heavy atom. The number of hydrogen-bond acceptors (Lipinski definition) is 3. The molecule has 3 nitrogen and oxygen atoms in total. The zero-order valence-corrected chi connectivity index (χ0v) is 15.2. The van der Waals surface area contributed by atoms with E-state index in [1.807, 2.05) is 0 Å². The second kappa shape index (κ2) is 19.2. The Balaban J connectivity index is 3.05. The third kappa shape index (κ3) is 19.1. The molecule has 0 aromatic heterocycles. The van der Waals surface area contributed by atoms with Crippen LogP contribution < -0.4 is 0 Å². The van der Waals surface area contributed by atoms with Crippen LogP contribution in [0.3, 0.4) is 0 Å². The maximum Gasteiger partial charge on any atom is 0.331 e. The third-order valence-corrected chi connectivity index (χ3v) is 4.05. The van der Waals surface area contributed by atoms with E-state index in [2.05, 4.69) is 19.1 Å². The van der Waals surface area contributed by atoms with Crippen molar-refractivity contribution in [3.63, 3.8) is 0 Å². The van der Waals surface area contributed by atoms with Crippen LogP contribution in [0.1, 0.15) is 96.8 Å². The van der Waals surface area contributed by atoms with Gasteiger partial charge in [0.2, 0.25) is 0 Å². The monoisotopic (exact) mass is 326 g/mol. The molecule has 0 aliphatic carbocycles. The summed E-state index contributed by atoms with van der Waals surface area (Å²) in [5.74, 6) is -0.513. The molecule has 23 heavy (non-hydrogen) atoms. The van der Waals surface area contributed by atoms with Crippen molar-refractivity contribution in [1.29, 1.82) is 0 Å². The largest absolute Gasteiger partial charge is 0.464 e. The van der Waals surface area contributed by atoms with Crippen LogP contribution in [-0.4, -0.2) is 24.3 Å². The summed E-state index contributed by atoms with van der Waals surface area (Å²) >= 11 is 0. The quantitative estimate of drug-likeness (QED) is 0.216. The molecule has 0 aromatic carbocycles. The normalized spacial score (nSPS) is 11.2. The van der Waals surface area contributed by atoms with Crippen LogP contribution in [0.4, 0.5) is 0 Å². The molecular weight excluding hydrogens is 288 g/mol. The zero-order chi connectivity index (χ0) is 17.0. The molecule has 0 atom stereocenters. The summed E-state index contributed by atoms with van der Waals surface area (Å²) in [6, 6.07) is 0. The maximum absolute atomic E-state index is 10.7. The van der Waals surface area contributed by atoms with Gasteiger partial charge in [0.1, 0.15) is 6.61 Å². The fraction of sp³-hybridized carbons (Fsp3) is 0.850. The second-order valence-corrected chi connectivity index (χ2v) is 6.32. The fourth-order valence-electron chi connectivity index (χ4n) is 2.57. The van der Waals surface area contributed by atoms with Gasteiger partial charge in [-0.2, -0.15) is 0 Å². The Hall–Kier alpha value is -0.830. The van der Waals surface area contributed by atoms with Crippen LogP contribution in [0.15, 0.2) is 12.2 Å². The standard InChI is InChI=1S/C20H38O3/c1-2-3-4-5-6-7-8-9-10-11-12-13-14-15-16-17-18-23-20(22)19-21/h5-6,21H,2-4,7-19H2,1H3/b6-5-. The van der Waals surface area contributed by atoms with Crippen molar-refractivity contribution in [2.45, 2.75) is 96.8 Å². The highest BCUT2D eigenvalue weighted by molar-refractivity contribution is 5.70. The van der Waals surface area contributed by atoms with Crippen molar-refractivity contribution in [2.24, 2.45) is 0 Å². The predicted octanol–water partition coefficient (Wildman–Crippen LogP) is 5.56. The number of aliphatic hydroxyl groups is 1. The second-order valence-electron chi connectivity index (χ2n) is 6.32. The van der Waals surface area contributed by atoms with E-state index in [9.17, 15) is 4.79 Å². The lowest BCUT2D eigenvalue weighted by Crippen LogP contribution is -2.09. The summed E-state index contributed by atoms with van der Waals surface area (Å²) in [5, 5.41) is 8.49. The lowest BCUT2D eigenvalue weighted by molar-refractivity contribution is -0.147. The highest BCUT2D eigenvalue weighted by Gasteiger charge is 1.98. The third-order valence-electron chi connectivity index (χ3n) is 4.05. The maximum atomic E-state index is 10.7. The molecule has 0 saturated carbocycles. The van der Waals surface area contributed by atoms with Gasteiger partial charge in [0.05, 0.1) is 6.61 Å². The molecule has 0 bridgehead atoms. The number of ether oxygens (including phenoxy) is 1. The smallest absolute Gasteiger partial charge is 0.331 e. The molecule has 0 fully saturated rings. The summed E-state index contributed by atoms with van der Waals surface area (Å²) in [6.45, 7) is 2.19. The number of aliphatic hydroxyl groups excluding tert-OH is 1. The molecule has 0 unspecified atom stereocenters. The van der Waals surface area contributed by atoms with Crippen LogP contribution in [0.5, 0.6) is 0 Å². The van der Waals surface area contributed by atoms with Crippen LogP contribution in [0.2, 0.25) is 0 Å². The minimum atomic E-state index is -0.513. The molecule has 0 saturated heterocycles. The van der Waals surface area contributed by atoms with Crippen LogP contribution in [-0.2, 0) is 9.53 Å². The van der Waals surface area contributed by atoms with E-state index in [-0.39, 0.29) is 0 Å². The molecule has 0 radical (unpaired) electrons. The minimum absolute atomic E-state index is 0.451. The van der Waals surface area contributed by atoms with Crippen molar-refractivity contribution >= 4 is 5.97 Å². The van der Waals surface area contributed by atoms with Gasteiger partial charge in [-0.05, 0) is 25.7 Å². The Morgan fingerprint density at radius 1 is 0.783 bits per heavy atom. The summed E-state index contributed by atoms with van der Waals surface area (Å²) in [4.78, 5) is 10.7. The summed E-state index contributed by atoms with van der Waals surface area (Å²) in [6.07, 6.45) is 22.5. The number of allylic oxidation sites excluding steroid dienone is 2. The molecule has 0 rings (SSSR count). The molecule has 0 amide bonds. The number of unbranched alkanes of at least 4 members (excludes halogenated alkanes) is 12. The van der Waals surface area contributed by atoms with E-state index in [0.717, 1.165) is 12.8 Å². The number of carbonyl (C=O) groups excluding carboxylic acids is 1. The highest BCUT2D eigenvalue weighted by atomic mass is 16.5. The van der Waals surface area contributed by atoms with Gasteiger partial charge in [-0.3, -0.25) is 0 Å². The molecular formula is C20H38O3. The number of carbonyl (C=O) groups is 1. The Labute approximate surface area is 143 Å². The molecule has 0 aliphatic heterocycles. The van der Waals surface area contributed by atoms with Crippen LogP contribution >= 0.6 is 0 Å². The van der Waals surface area contributed by atoms with Gasteiger partial charge in [-0.15, -0.1) is 0 Å². The van der Waals surface area contributed by atoms with E-state index in [0.29, 0.717) is 6.61 Å². The molecule has 1 N–H and O–H groups in total. The van der Waals surface area contributed by atoms with Gasteiger partial charge in [0.15, 0.2) is 0 Å². The predicted molar refractivity (Wildman–Crippen MR) is 97.5 cm³/mol. The number of rotatable bonds is 17. The van der Waals surface area contributed by atoms with E-state index in [1.54, 1.807) is 0 Å². The molecule has 3 heteroatoms. The van der Waals surface area contributed by atoms with Gasteiger partial charge in [-0.1, -0.05) is 83.3 Å². The Kier molecular flexibility index (Phi) is 18.5. The van der Waals surface area contributed by atoms with Gasteiger partial charge in [0.25, 0.3) is 0 Å². The van der Waals surface area contributed by atoms with E-state index in [4.69, 9.17) is 9.84 Å². The average molecular weight is 327 g/mol. The van der Waals surface area contributed by atoms with Gasteiger partial charge < -0.3 is 9.84 Å². The van der Waals surface area contributed by atoms with Gasteiger partial charge >= 0.3 is 5.97 Å². The Morgan fingerprint density at radius 2 is 1.26 bits per heavy atom. The number of hydrogen-bond donors (Lipinski definition) is 1. The SMILES string of the molecule is CCCC/C=C\CCCCCCCCCCCCOC(=O)CO. The van der Waals surface area contributed by atoms with E-state index >= 15 is 0 Å². The first kappa shape index (κ1) is 22.2. The summed E-state index contributed by atoms with van der Waals surface area (Å²) in [7, 11) is 0. The average Bonchev–Trinajstić information content (AvgIpc) is 2.57. The van der Waals surface area contributed by atoms with Gasteiger partial charge in [-0.25, -0.2) is 4.79 Å². The van der Waals surface area contributed by atoms with E-state index in [1.165, 1.54) is 77.0 Å². The van der Waals surface area contributed by atoms with Crippen molar-refractivity contribution in [3.8, 4) is 0 Å². The number of esters is 1. The molecule has 136 valence electrons. The highest BCUT2D eigenvalue weighted by Crippen LogP contribution is 2.11. The van der Waals surface area contributed by atoms with Crippen molar-refractivity contribution in [1.82, 2.24) is 0 Å². The first-order chi connectivity index (χ1) is 11.3. The fourth-order valence-corrected chi connectivity index (χ4v) is 2.57.